The van der Waals surface area contributed by atoms with Gasteiger partial charge < -0.3 is 10.1 Å². The lowest BCUT2D eigenvalue weighted by Gasteiger charge is -2.39. The van der Waals surface area contributed by atoms with Gasteiger partial charge in [-0.15, -0.1) is 12.4 Å². The number of hydrogen-bond donors (Lipinski definition) is 2. The molecule has 1 heterocycles. The smallest absolute Gasteiger partial charge is 0.244 e. The van der Waals surface area contributed by atoms with Crippen LogP contribution in [0.4, 0.5) is 0 Å². The topological polar surface area (TPSA) is 67.4 Å². The monoisotopic (exact) mass is 348 g/mol. The second-order valence-electron chi connectivity index (χ2n) is 6.10. The number of halogens is 1. The summed E-state index contributed by atoms with van der Waals surface area (Å²) in [5.74, 6) is 0.362. The van der Waals surface area contributed by atoms with Crippen LogP contribution >= 0.6 is 12.4 Å². The Morgan fingerprint density at radius 3 is 2.68 bits per heavy atom. The van der Waals surface area contributed by atoms with E-state index in [0.29, 0.717) is 12.3 Å². The molecule has 0 radical (unpaired) electrons. The quantitative estimate of drug-likeness (QED) is 0.855. The molecule has 2 N–H and O–H groups in total. The highest BCUT2D eigenvalue weighted by molar-refractivity contribution is 7.89. The van der Waals surface area contributed by atoms with E-state index in [1.807, 2.05) is 0 Å². The highest BCUT2D eigenvalue weighted by Gasteiger charge is 2.33. The van der Waals surface area contributed by atoms with Crippen molar-refractivity contribution in [3.63, 3.8) is 0 Å². The van der Waals surface area contributed by atoms with Crippen LogP contribution in [0.2, 0.25) is 0 Å². The van der Waals surface area contributed by atoms with Crippen LogP contribution < -0.4 is 14.8 Å². The molecule has 0 spiro atoms. The molecule has 1 atom stereocenters. The van der Waals surface area contributed by atoms with E-state index in [9.17, 15) is 8.42 Å². The van der Waals surface area contributed by atoms with Gasteiger partial charge in [0.15, 0.2) is 0 Å². The molecule has 0 amide bonds. The molecule has 126 valence electrons. The fourth-order valence-corrected chi connectivity index (χ4v) is 3.95. The lowest BCUT2D eigenvalue weighted by Crippen LogP contribution is -2.52. The van der Waals surface area contributed by atoms with E-state index in [1.54, 1.807) is 24.3 Å². The van der Waals surface area contributed by atoms with Crippen molar-refractivity contribution in [2.75, 3.05) is 20.2 Å². The summed E-state index contributed by atoms with van der Waals surface area (Å²) >= 11 is 0. The van der Waals surface area contributed by atoms with Crippen LogP contribution in [0.1, 0.15) is 26.7 Å². The third kappa shape index (κ3) is 4.35. The van der Waals surface area contributed by atoms with Crippen LogP contribution in [-0.2, 0) is 10.0 Å². The number of rotatable bonds is 5. The fourth-order valence-electron chi connectivity index (χ4n) is 2.73. The summed E-state index contributed by atoms with van der Waals surface area (Å²) in [6.07, 6.45) is 2.23. The van der Waals surface area contributed by atoms with Gasteiger partial charge in [-0.3, -0.25) is 0 Å². The molecule has 1 aliphatic heterocycles. The largest absolute Gasteiger partial charge is 0.495 e. The Bertz CT molecular complexity index is 590. The first kappa shape index (κ1) is 19.2. The molecule has 0 bridgehead atoms. The zero-order valence-electron chi connectivity index (χ0n) is 13.3. The third-order valence-corrected chi connectivity index (χ3v) is 5.63. The van der Waals surface area contributed by atoms with Gasteiger partial charge in [-0.25, -0.2) is 13.1 Å². The van der Waals surface area contributed by atoms with Crippen LogP contribution in [-0.4, -0.2) is 34.7 Å². The van der Waals surface area contributed by atoms with Gasteiger partial charge in [0.2, 0.25) is 10.0 Å². The normalized spacial score (nSPS) is 21.0. The zero-order valence-corrected chi connectivity index (χ0v) is 14.9. The lowest BCUT2D eigenvalue weighted by molar-refractivity contribution is 0.181. The van der Waals surface area contributed by atoms with Crippen LogP contribution in [0.25, 0.3) is 0 Å². The molecular formula is C15H25ClN2O3S. The highest BCUT2D eigenvalue weighted by atomic mass is 35.5. The number of sulfonamides is 1. The fraction of sp³-hybridized carbons (Fsp3) is 0.600. The Labute approximate surface area is 139 Å². The average Bonchev–Trinajstić information content (AvgIpc) is 2.45. The molecule has 0 aliphatic carbocycles. The van der Waals surface area contributed by atoms with Gasteiger partial charge in [-0.05, 0) is 36.9 Å². The maximum Gasteiger partial charge on any atom is 0.244 e. The molecule has 5 nitrogen and oxygen atoms in total. The molecule has 1 unspecified atom stereocenters. The lowest BCUT2D eigenvalue weighted by atomic mass is 9.78. The van der Waals surface area contributed by atoms with Gasteiger partial charge in [-0.2, -0.15) is 0 Å². The van der Waals surface area contributed by atoms with Crippen molar-refractivity contribution in [3.8, 4) is 5.75 Å². The number of benzene rings is 1. The van der Waals surface area contributed by atoms with Crippen molar-refractivity contribution in [2.45, 2.75) is 37.6 Å². The average molecular weight is 349 g/mol. The summed E-state index contributed by atoms with van der Waals surface area (Å²) in [6, 6.07) is 6.79. The Kier molecular flexibility index (Phi) is 6.67. The van der Waals surface area contributed by atoms with E-state index in [0.717, 1.165) is 19.4 Å². The predicted octanol–water partition coefficient (Wildman–Crippen LogP) is 2.17. The maximum absolute atomic E-state index is 12.4. The van der Waals surface area contributed by atoms with Crippen LogP contribution in [0.5, 0.6) is 5.75 Å². The van der Waals surface area contributed by atoms with Gasteiger partial charge in [0, 0.05) is 12.6 Å². The van der Waals surface area contributed by atoms with Gasteiger partial charge >= 0.3 is 0 Å². The molecule has 1 aromatic rings. The molecule has 1 saturated heterocycles. The Morgan fingerprint density at radius 2 is 2.05 bits per heavy atom. The van der Waals surface area contributed by atoms with Crippen molar-refractivity contribution in [1.29, 1.82) is 0 Å². The highest BCUT2D eigenvalue weighted by Crippen LogP contribution is 2.30. The van der Waals surface area contributed by atoms with Crippen LogP contribution in [0.15, 0.2) is 29.2 Å². The van der Waals surface area contributed by atoms with Crippen molar-refractivity contribution < 1.29 is 13.2 Å². The summed E-state index contributed by atoms with van der Waals surface area (Å²) in [5, 5.41) is 3.40. The third-order valence-electron chi connectivity index (χ3n) is 4.17. The molecule has 1 aliphatic rings. The zero-order chi connectivity index (χ0) is 15.5. The summed E-state index contributed by atoms with van der Waals surface area (Å²) < 4.78 is 32.7. The van der Waals surface area contributed by atoms with Crippen LogP contribution in [0, 0.1) is 5.41 Å². The Balaban J connectivity index is 0.00000242. The van der Waals surface area contributed by atoms with Gasteiger partial charge in [0.05, 0.1) is 7.11 Å². The second kappa shape index (κ2) is 7.64. The number of piperidine rings is 1. The van der Waals surface area contributed by atoms with E-state index >= 15 is 0 Å². The van der Waals surface area contributed by atoms with E-state index in [4.69, 9.17) is 4.74 Å². The molecule has 0 saturated carbocycles. The molecule has 2 rings (SSSR count). The van der Waals surface area contributed by atoms with Gasteiger partial charge in [-0.1, -0.05) is 26.0 Å². The Hall–Kier alpha value is -0.820. The SMILES string of the molecule is COc1ccccc1S(=O)(=O)NCC1NCCCC1(C)C.Cl. The number of ether oxygens (including phenoxy) is 1. The minimum Gasteiger partial charge on any atom is -0.495 e. The number of methoxy groups -OCH3 is 1. The van der Waals surface area contributed by atoms with Gasteiger partial charge in [0.1, 0.15) is 10.6 Å². The van der Waals surface area contributed by atoms with Crippen molar-refractivity contribution in [2.24, 2.45) is 5.41 Å². The predicted molar refractivity (Wildman–Crippen MR) is 90.2 cm³/mol. The standard InChI is InChI=1S/C15H24N2O3S.ClH/c1-15(2)9-6-10-16-14(15)11-17-21(18,19)13-8-5-4-7-12(13)20-3;/h4-5,7-8,14,16-17H,6,9-11H2,1-3H3;1H. The van der Waals surface area contributed by atoms with E-state index in [-0.39, 0.29) is 28.8 Å². The summed E-state index contributed by atoms with van der Waals surface area (Å²) in [4.78, 5) is 0.182. The van der Waals surface area contributed by atoms with Gasteiger partial charge in [0.25, 0.3) is 0 Å². The number of nitrogens with one attached hydrogen (secondary N) is 2. The molecule has 7 heteroatoms. The maximum atomic E-state index is 12.4. The van der Waals surface area contributed by atoms with Crippen molar-refractivity contribution >= 4 is 22.4 Å². The minimum atomic E-state index is -3.57. The Morgan fingerprint density at radius 1 is 1.36 bits per heavy atom. The molecule has 1 fully saturated rings. The first-order valence-corrected chi connectivity index (χ1v) is 8.71. The second-order valence-corrected chi connectivity index (χ2v) is 7.84. The summed E-state index contributed by atoms with van der Waals surface area (Å²) in [6.45, 7) is 5.65. The van der Waals surface area contributed by atoms with E-state index in [1.165, 1.54) is 7.11 Å². The summed E-state index contributed by atoms with van der Waals surface area (Å²) in [5.41, 5.74) is 0.0849. The molecule has 22 heavy (non-hydrogen) atoms. The first-order valence-electron chi connectivity index (χ1n) is 7.23. The van der Waals surface area contributed by atoms with E-state index in [2.05, 4.69) is 23.9 Å². The summed E-state index contributed by atoms with van der Waals surface area (Å²) in [7, 11) is -2.10. The van der Waals surface area contributed by atoms with E-state index < -0.39 is 10.0 Å². The number of para-hydroxylation sites is 1. The minimum absolute atomic E-state index is 0. The van der Waals surface area contributed by atoms with Crippen molar-refractivity contribution in [1.82, 2.24) is 10.0 Å². The molecule has 0 aromatic heterocycles. The molecular weight excluding hydrogens is 324 g/mol. The number of hydrogen-bond acceptors (Lipinski definition) is 4. The first-order chi connectivity index (χ1) is 9.87. The van der Waals surface area contributed by atoms with Crippen molar-refractivity contribution in [3.05, 3.63) is 24.3 Å². The van der Waals surface area contributed by atoms with Crippen LogP contribution in [0.3, 0.4) is 0 Å². The molecule has 1 aromatic carbocycles.